The van der Waals surface area contributed by atoms with E-state index < -0.39 is 12.0 Å². The van der Waals surface area contributed by atoms with E-state index in [-0.39, 0.29) is 11.7 Å². The van der Waals surface area contributed by atoms with Crippen LogP contribution in [0.4, 0.5) is 4.39 Å². The van der Waals surface area contributed by atoms with E-state index >= 15 is 0 Å². The number of benzene rings is 1. The summed E-state index contributed by atoms with van der Waals surface area (Å²) in [5, 5.41) is 8.67. The Balaban J connectivity index is 2.84. The highest BCUT2D eigenvalue weighted by atomic mass is 19.1. The van der Waals surface area contributed by atoms with Crippen molar-refractivity contribution in [3.05, 3.63) is 35.6 Å². The smallest absolute Gasteiger partial charge is 0.321 e. The molecule has 0 aliphatic carbocycles. The van der Waals surface area contributed by atoms with E-state index in [9.17, 15) is 9.18 Å². The lowest BCUT2D eigenvalue weighted by atomic mass is 9.94. The quantitative estimate of drug-likeness (QED) is 0.768. The van der Waals surface area contributed by atoms with Gasteiger partial charge in [-0.25, -0.2) is 4.39 Å². The third-order valence-corrected chi connectivity index (χ3v) is 2.22. The number of carboxylic acids is 1. The Hall–Kier alpha value is -1.42. The average molecular weight is 197 g/mol. The van der Waals surface area contributed by atoms with Crippen molar-refractivity contribution < 1.29 is 14.3 Å². The molecule has 4 heteroatoms. The number of rotatable bonds is 3. The second-order valence-corrected chi connectivity index (χ2v) is 3.20. The predicted molar refractivity (Wildman–Crippen MR) is 50.4 cm³/mol. The van der Waals surface area contributed by atoms with Crippen LogP contribution in [0.2, 0.25) is 0 Å². The zero-order valence-electron chi connectivity index (χ0n) is 7.77. The van der Waals surface area contributed by atoms with Crippen molar-refractivity contribution in [2.75, 3.05) is 0 Å². The summed E-state index contributed by atoms with van der Waals surface area (Å²) in [4.78, 5) is 10.6. The zero-order chi connectivity index (χ0) is 10.7. The summed E-state index contributed by atoms with van der Waals surface area (Å²) in [7, 11) is 0. The van der Waals surface area contributed by atoms with E-state index in [0.717, 1.165) is 5.56 Å². The second-order valence-electron chi connectivity index (χ2n) is 3.20. The lowest BCUT2D eigenvalue weighted by Crippen LogP contribution is -2.35. The molecule has 0 aliphatic heterocycles. The van der Waals surface area contributed by atoms with Crippen LogP contribution in [0.1, 0.15) is 18.4 Å². The molecular formula is C10H12FNO2. The number of hydrogen-bond acceptors (Lipinski definition) is 2. The molecule has 0 fully saturated rings. The van der Waals surface area contributed by atoms with Crippen LogP contribution >= 0.6 is 0 Å². The lowest BCUT2D eigenvalue weighted by molar-refractivity contribution is -0.139. The molecule has 0 saturated carbocycles. The number of halogens is 1. The maximum atomic E-state index is 12.6. The van der Waals surface area contributed by atoms with Gasteiger partial charge in [0, 0.05) is 5.92 Å². The summed E-state index contributed by atoms with van der Waals surface area (Å²) < 4.78 is 12.6. The number of nitrogens with two attached hydrogens (primary N) is 1. The summed E-state index contributed by atoms with van der Waals surface area (Å²) >= 11 is 0. The standard InChI is InChI=1S/C10H12FNO2/c1-6(9(12)10(13)14)7-2-4-8(11)5-3-7/h2-6,9H,12H2,1H3,(H,13,14). The van der Waals surface area contributed by atoms with Crippen LogP contribution in [0.3, 0.4) is 0 Å². The van der Waals surface area contributed by atoms with Gasteiger partial charge >= 0.3 is 5.97 Å². The Labute approximate surface area is 81.4 Å². The van der Waals surface area contributed by atoms with Gasteiger partial charge in [-0.15, -0.1) is 0 Å². The Bertz CT molecular complexity index is 323. The molecule has 2 unspecified atom stereocenters. The van der Waals surface area contributed by atoms with Crippen LogP contribution in [-0.4, -0.2) is 17.1 Å². The van der Waals surface area contributed by atoms with Gasteiger partial charge in [0.2, 0.25) is 0 Å². The third-order valence-electron chi connectivity index (χ3n) is 2.22. The van der Waals surface area contributed by atoms with Crippen molar-refractivity contribution in [1.29, 1.82) is 0 Å². The molecule has 14 heavy (non-hydrogen) atoms. The van der Waals surface area contributed by atoms with Gasteiger partial charge in [-0.2, -0.15) is 0 Å². The first-order valence-electron chi connectivity index (χ1n) is 4.26. The topological polar surface area (TPSA) is 63.3 Å². The Kier molecular flexibility index (Phi) is 3.19. The van der Waals surface area contributed by atoms with E-state index in [1.807, 2.05) is 0 Å². The predicted octanol–water partition coefficient (Wildman–Crippen LogP) is 1.34. The summed E-state index contributed by atoms with van der Waals surface area (Å²) in [6.07, 6.45) is 0. The molecule has 0 aromatic heterocycles. The largest absolute Gasteiger partial charge is 0.480 e. The number of aliphatic carboxylic acids is 1. The van der Waals surface area contributed by atoms with E-state index in [1.165, 1.54) is 12.1 Å². The van der Waals surface area contributed by atoms with Gasteiger partial charge in [-0.3, -0.25) is 4.79 Å². The second kappa shape index (κ2) is 4.19. The number of hydrogen-bond donors (Lipinski definition) is 2. The molecule has 0 radical (unpaired) electrons. The van der Waals surface area contributed by atoms with Crippen LogP contribution in [0.5, 0.6) is 0 Å². The van der Waals surface area contributed by atoms with Gasteiger partial charge in [0.05, 0.1) is 0 Å². The summed E-state index contributed by atoms with van der Waals surface area (Å²) in [5.41, 5.74) is 6.16. The minimum absolute atomic E-state index is 0.326. The molecule has 0 amide bonds. The highest BCUT2D eigenvalue weighted by Crippen LogP contribution is 2.18. The van der Waals surface area contributed by atoms with Gasteiger partial charge in [0.15, 0.2) is 0 Å². The minimum Gasteiger partial charge on any atom is -0.480 e. The molecule has 0 spiro atoms. The summed E-state index contributed by atoms with van der Waals surface area (Å²) in [5.74, 6) is -1.72. The average Bonchev–Trinajstić information content (AvgIpc) is 2.16. The first kappa shape index (κ1) is 10.7. The Morgan fingerprint density at radius 3 is 2.36 bits per heavy atom. The van der Waals surface area contributed by atoms with Gasteiger partial charge in [-0.05, 0) is 17.7 Å². The first-order chi connectivity index (χ1) is 6.52. The fraction of sp³-hybridized carbons (Fsp3) is 0.300. The number of carbonyl (C=O) groups is 1. The van der Waals surface area contributed by atoms with Crippen molar-refractivity contribution >= 4 is 5.97 Å². The maximum Gasteiger partial charge on any atom is 0.321 e. The minimum atomic E-state index is -1.05. The van der Waals surface area contributed by atoms with E-state index in [2.05, 4.69) is 0 Å². The number of carboxylic acid groups (broad SMARTS) is 1. The highest BCUT2D eigenvalue weighted by Gasteiger charge is 2.21. The summed E-state index contributed by atoms with van der Waals surface area (Å²) in [6.45, 7) is 1.70. The monoisotopic (exact) mass is 197 g/mol. The molecule has 0 saturated heterocycles. The normalized spacial score (nSPS) is 14.8. The van der Waals surface area contributed by atoms with Crippen LogP contribution in [0.15, 0.2) is 24.3 Å². The van der Waals surface area contributed by atoms with Crippen molar-refractivity contribution in [1.82, 2.24) is 0 Å². The molecule has 1 rings (SSSR count). The molecule has 2 atom stereocenters. The third kappa shape index (κ3) is 2.29. The van der Waals surface area contributed by atoms with Gasteiger partial charge in [-0.1, -0.05) is 19.1 Å². The van der Waals surface area contributed by atoms with E-state index in [4.69, 9.17) is 10.8 Å². The van der Waals surface area contributed by atoms with Crippen molar-refractivity contribution in [2.45, 2.75) is 18.9 Å². The molecule has 1 aromatic carbocycles. The molecule has 3 nitrogen and oxygen atoms in total. The van der Waals surface area contributed by atoms with Crippen LogP contribution in [0, 0.1) is 5.82 Å². The first-order valence-corrected chi connectivity index (χ1v) is 4.26. The fourth-order valence-electron chi connectivity index (χ4n) is 1.19. The van der Waals surface area contributed by atoms with Gasteiger partial charge in [0.25, 0.3) is 0 Å². The van der Waals surface area contributed by atoms with Gasteiger partial charge < -0.3 is 10.8 Å². The van der Waals surface area contributed by atoms with Crippen molar-refractivity contribution in [3.8, 4) is 0 Å². The molecular weight excluding hydrogens is 185 g/mol. The summed E-state index contributed by atoms with van der Waals surface area (Å²) in [6, 6.07) is 4.72. The van der Waals surface area contributed by atoms with Crippen LogP contribution in [0.25, 0.3) is 0 Å². The molecule has 76 valence electrons. The fourth-order valence-corrected chi connectivity index (χ4v) is 1.19. The lowest BCUT2D eigenvalue weighted by Gasteiger charge is -2.15. The molecule has 0 heterocycles. The van der Waals surface area contributed by atoms with Crippen LogP contribution in [-0.2, 0) is 4.79 Å². The molecule has 0 bridgehead atoms. The van der Waals surface area contributed by atoms with E-state index in [1.54, 1.807) is 19.1 Å². The van der Waals surface area contributed by atoms with Crippen LogP contribution < -0.4 is 5.73 Å². The zero-order valence-corrected chi connectivity index (χ0v) is 7.77. The molecule has 1 aromatic rings. The highest BCUT2D eigenvalue weighted by molar-refractivity contribution is 5.74. The maximum absolute atomic E-state index is 12.6. The molecule has 0 aliphatic rings. The molecule has 3 N–H and O–H groups in total. The Morgan fingerprint density at radius 1 is 1.43 bits per heavy atom. The van der Waals surface area contributed by atoms with E-state index in [0.29, 0.717) is 0 Å². The Morgan fingerprint density at radius 2 is 1.93 bits per heavy atom. The van der Waals surface area contributed by atoms with Crippen molar-refractivity contribution in [2.24, 2.45) is 5.73 Å². The van der Waals surface area contributed by atoms with Crippen molar-refractivity contribution in [3.63, 3.8) is 0 Å². The SMILES string of the molecule is CC(c1ccc(F)cc1)C(N)C(=O)O. The van der Waals surface area contributed by atoms with Gasteiger partial charge in [0.1, 0.15) is 11.9 Å².